The molecule has 1 aliphatic rings. The fourth-order valence-electron chi connectivity index (χ4n) is 3.31. The van der Waals surface area contributed by atoms with Crippen LogP contribution in [0.5, 0.6) is 0 Å². The highest BCUT2D eigenvalue weighted by Gasteiger charge is 2.28. The number of hydrogen-bond donors (Lipinski definition) is 0. The molecule has 1 fully saturated rings. The largest absolute Gasteiger partial charge is 0.290 e. The average Bonchev–Trinajstić information content (AvgIpc) is 3.37. The van der Waals surface area contributed by atoms with Crippen molar-refractivity contribution in [1.29, 1.82) is 0 Å². The summed E-state index contributed by atoms with van der Waals surface area (Å²) in [7, 11) is 0. The number of benzene rings is 1. The van der Waals surface area contributed by atoms with Gasteiger partial charge in [-0.3, -0.25) is 14.5 Å². The standard InChI is InChI=1S/C20H17N5/c1-13-3-2-4-18(24-13)25-11-17(23-12-25)19-15(14-5-6-14)7-8-16-20(19)22-10-9-21-16/h2-4,7-12,14H,5-6H2,1H3. The highest BCUT2D eigenvalue weighted by Crippen LogP contribution is 2.45. The molecule has 0 N–H and O–H groups in total. The molecule has 0 saturated heterocycles. The second kappa shape index (κ2) is 5.48. The summed E-state index contributed by atoms with van der Waals surface area (Å²) in [4.78, 5) is 18.3. The molecule has 0 amide bonds. The molecule has 122 valence electrons. The molecule has 1 aliphatic carbocycles. The summed E-state index contributed by atoms with van der Waals surface area (Å²) in [5, 5.41) is 0. The monoisotopic (exact) mass is 327 g/mol. The zero-order valence-electron chi connectivity index (χ0n) is 13.9. The molecule has 0 atom stereocenters. The van der Waals surface area contributed by atoms with Gasteiger partial charge in [-0.1, -0.05) is 12.1 Å². The van der Waals surface area contributed by atoms with E-state index in [0.717, 1.165) is 33.8 Å². The van der Waals surface area contributed by atoms with E-state index in [-0.39, 0.29) is 0 Å². The molecule has 3 aromatic heterocycles. The van der Waals surface area contributed by atoms with Gasteiger partial charge in [0.25, 0.3) is 0 Å². The summed E-state index contributed by atoms with van der Waals surface area (Å²) in [6, 6.07) is 10.2. The van der Waals surface area contributed by atoms with Crippen molar-refractivity contribution in [1.82, 2.24) is 24.5 Å². The Kier molecular flexibility index (Phi) is 3.13. The Morgan fingerprint density at radius 2 is 1.88 bits per heavy atom. The zero-order chi connectivity index (χ0) is 16.8. The van der Waals surface area contributed by atoms with Gasteiger partial charge in [-0.2, -0.15) is 0 Å². The lowest BCUT2D eigenvalue weighted by molar-refractivity contribution is 0.976. The van der Waals surface area contributed by atoms with Crippen LogP contribution in [0.1, 0.15) is 30.0 Å². The van der Waals surface area contributed by atoms with Crippen molar-refractivity contribution in [2.75, 3.05) is 0 Å². The van der Waals surface area contributed by atoms with E-state index in [4.69, 9.17) is 0 Å². The lowest BCUT2D eigenvalue weighted by Gasteiger charge is -2.09. The normalized spacial score (nSPS) is 14.1. The first-order valence-electron chi connectivity index (χ1n) is 8.51. The number of aromatic nitrogens is 5. The van der Waals surface area contributed by atoms with Crippen LogP contribution < -0.4 is 0 Å². The van der Waals surface area contributed by atoms with Gasteiger partial charge in [-0.25, -0.2) is 9.97 Å². The number of rotatable bonds is 3. The highest BCUT2D eigenvalue weighted by atomic mass is 15.1. The third-order valence-corrected chi connectivity index (χ3v) is 4.67. The van der Waals surface area contributed by atoms with Gasteiger partial charge in [0.2, 0.25) is 0 Å². The molecule has 0 aliphatic heterocycles. The van der Waals surface area contributed by atoms with Crippen molar-refractivity contribution < 1.29 is 0 Å². The summed E-state index contributed by atoms with van der Waals surface area (Å²) in [5.41, 5.74) is 6.19. The van der Waals surface area contributed by atoms with E-state index in [9.17, 15) is 0 Å². The lowest BCUT2D eigenvalue weighted by atomic mass is 9.99. The Bertz CT molecular complexity index is 1080. The van der Waals surface area contributed by atoms with Crippen LogP contribution in [-0.2, 0) is 0 Å². The molecule has 5 rings (SSSR count). The van der Waals surface area contributed by atoms with Crippen LogP contribution in [0.2, 0.25) is 0 Å². The van der Waals surface area contributed by atoms with E-state index in [2.05, 4.69) is 32.1 Å². The molecule has 0 radical (unpaired) electrons. The van der Waals surface area contributed by atoms with Crippen LogP contribution in [0.25, 0.3) is 28.1 Å². The van der Waals surface area contributed by atoms with Crippen molar-refractivity contribution >= 4 is 11.0 Å². The Morgan fingerprint density at radius 3 is 2.72 bits per heavy atom. The number of pyridine rings is 1. The van der Waals surface area contributed by atoms with Crippen molar-refractivity contribution in [2.45, 2.75) is 25.7 Å². The van der Waals surface area contributed by atoms with E-state index < -0.39 is 0 Å². The maximum Gasteiger partial charge on any atom is 0.138 e. The third-order valence-electron chi connectivity index (χ3n) is 4.67. The van der Waals surface area contributed by atoms with Crippen LogP contribution in [0.15, 0.2) is 55.2 Å². The van der Waals surface area contributed by atoms with Gasteiger partial charge >= 0.3 is 0 Å². The number of fused-ring (bicyclic) bond motifs is 1. The molecule has 4 aromatic rings. The van der Waals surface area contributed by atoms with Crippen LogP contribution in [-0.4, -0.2) is 24.5 Å². The Labute approximate surface area is 145 Å². The molecule has 1 aromatic carbocycles. The Morgan fingerprint density at radius 1 is 1.00 bits per heavy atom. The van der Waals surface area contributed by atoms with Gasteiger partial charge in [0.15, 0.2) is 0 Å². The minimum atomic E-state index is 0.614. The van der Waals surface area contributed by atoms with Crippen LogP contribution >= 0.6 is 0 Å². The van der Waals surface area contributed by atoms with Crippen LogP contribution in [0, 0.1) is 6.92 Å². The van der Waals surface area contributed by atoms with Gasteiger partial charge in [-0.05, 0) is 49.4 Å². The molecule has 25 heavy (non-hydrogen) atoms. The van der Waals surface area contributed by atoms with Crippen LogP contribution in [0.4, 0.5) is 0 Å². The van der Waals surface area contributed by atoms with Crippen molar-refractivity contribution in [3.63, 3.8) is 0 Å². The third kappa shape index (κ3) is 2.48. The fourth-order valence-corrected chi connectivity index (χ4v) is 3.31. The summed E-state index contributed by atoms with van der Waals surface area (Å²) in [6.07, 6.45) is 9.82. The predicted octanol–water partition coefficient (Wildman–Crippen LogP) is 4.06. The molecule has 0 unspecified atom stereocenters. The maximum atomic E-state index is 4.67. The average molecular weight is 327 g/mol. The first-order chi connectivity index (χ1) is 12.3. The van der Waals surface area contributed by atoms with Gasteiger partial charge in [0, 0.05) is 29.8 Å². The van der Waals surface area contributed by atoms with Gasteiger partial charge < -0.3 is 0 Å². The van der Waals surface area contributed by atoms with Gasteiger partial charge in [0.1, 0.15) is 12.1 Å². The Balaban J connectivity index is 1.70. The second-order valence-electron chi connectivity index (χ2n) is 6.53. The first kappa shape index (κ1) is 14.3. The molecular weight excluding hydrogens is 310 g/mol. The molecule has 5 heteroatoms. The summed E-state index contributed by atoms with van der Waals surface area (Å²) >= 11 is 0. The molecule has 1 saturated carbocycles. The number of nitrogens with zero attached hydrogens (tertiary/aromatic N) is 5. The smallest absolute Gasteiger partial charge is 0.138 e. The van der Waals surface area contributed by atoms with Crippen molar-refractivity contribution in [3.8, 4) is 17.1 Å². The minimum Gasteiger partial charge on any atom is -0.290 e. The predicted molar refractivity (Wildman–Crippen MR) is 96.6 cm³/mol. The zero-order valence-corrected chi connectivity index (χ0v) is 13.9. The molecule has 0 spiro atoms. The molecule has 5 nitrogen and oxygen atoms in total. The number of hydrogen-bond acceptors (Lipinski definition) is 4. The van der Waals surface area contributed by atoms with E-state index >= 15 is 0 Å². The van der Waals surface area contributed by atoms with E-state index in [1.165, 1.54) is 18.4 Å². The molecule has 0 bridgehead atoms. The van der Waals surface area contributed by atoms with Gasteiger partial charge in [-0.15, -0.1) is 0 Å². The lowest BCUT2D eigenvalue weighted by Crippen LogP contribution is -1.95. The van der Waals surface area contributed by atoms with E-state index in [1.54, 1.807) is 12.4 Å². The SMILES string of the molecule is Cc1cccc(-n2cnc(-c3c(C4CC4)ccc4nccnc34)c2)n1. The second-order valence-corrected chi connectivity index (χ2v) is 6.53. The van der Waals surface area contributed by atoms with Crippen molar-refractivity contribution in [2.24, 2.45) is 0 Å². The topological polar surface area (TPSA) is 56.5 Å². The molecule has 3 heterocycles. The van der Waals surface area contributed by atoms with Gasteiger partial charge in [0.05, 0.1) is 16.7 Å². The number of aryl methyl sites for hydroxylation is 1. The quantitative estimate of drug-likeness (QED) is 0.569. The summed E-state index contributed by atoms with van der Waals surface area (Å²) in [6.45, 7) is 1.99. The highest BCUT2D eigenvalue weighted by molar-refractivity contribution is 5.92. The van der Waals surface area contributed by atoms with Crippen LogP contribution in [0.3, 0.4) is 0 Å². The van der Waals surface area contributed by atoms with E-state index in [1.807, 2.05) is 42.2 Å². The van der Waals surface area contributed by atoms with Crippen molar-refractivity contribution in [3.05, 3.63) is 66.5 Å². The molecular formula is C20H17N5. The minimum absolute atomic E-state index is 0.614. The first-order valence-corrected chi connectivity index (χ1v) is 8.51. The fraction of sp³-hybridized carbons (Fsp3) is 0.200. The summed E-state index contributed by atoms with van der Waals surface area (Å²) < 4.78 is 1.97. The summed E-state index contributed by atoms with van der Waals surface area (Å²) in [5.74, 6) is 1.49. The number of imidazole rings is 1. The van der Waals surface area contributed by atoms with E-state index in [0.29, 0.717) is 5.92 Å². The maximum absolute atomic E-state index is 4.67. The Hall–Kier alpha value is -3.08.